The van der Waals surface area contributed by atoms with Crippen molar-refractivity contribution in [2.24, 2.45) is 0 Å². The maximum atomic E-state index is 13.0. The Morgan fingerprint density at radius 1 is 1.00 bits per heavy atom. The summed E-state index contributed by atoms with van der Waals surface area (Å²) >= 11 is 0. The first-order valence-corrected chi connectivity index (χ1v) is 9.36. The maximum Gasteiger partial charge on any atom is 0.453 e. The third-order valence-electron chi connectivity index (χ3n) is 4.38. The smallest absolute Gasteiger partial charge is 0.453 e. The SMILES string of the molecule is C=C(C(=O)O)c1ccccc1OC(=O)c1ccc(OCCCC(F)(F)C(F)(F)F)c(OC)c1. The number of benzene rings is 2. The van der Waals surface area contributed by atoms with Crippen molar-refractivity contribution in [3.05, 3.63) is 60.2 Å². The molecule has 0 bridgehead atoms. The number of carbonyl (C=O) groups is 2. The van der Waals surface area contributed by atoms with E-state index in [0.717, 1.165) is 0 Å². The molecule has 0 aliphatic carbocycles. The van der Waals surface area contributed by atoms with Crippen molar-refractivity contribution in [2.75, 3.05) is 13.7 Å². The summed E-state index contributed by atoms with van der Waals surface area (Å²) in [6.45, 7) is 2.98. The zero-order valence-corrected chi connectivity index (χ0v) is 17.2. The van der Waals surface area contributed by atoms with Gasteiger partial charge in [0.2, 0.25) is 0 Å². The summed E-state index contributed by atoms with van der Waals surface area (Å²) in [5, 5.41) is 9.12. The van der Waals surface area contributed by atoms with Crippen LogP contribution >= 0.6 is 0 Å². The number of halogens is 5. The molecule has 0 radical (unpaired) electrons. The van der Waals surface area contributed by atoms with Crippen LogP contribution < -0.4 is 14.2 Å². The number of hydrogen-bond donors (Lipinski definition) is 1. The number of alkyl halides is 5. The van der Waals surface area contributed by atoms with Crippen LogP contribution in [0.4, 0.5) is 22.0 Å². The number of ether oxygens (including phenoxy) is 3. The lowest BCUT2D eigenvalue weighted by molar-refractivity contribution is -0.284. The van der Waals surface area contributed by atoms with Crippen LogP contribution in [0, 0.1) is 0 Å². The van der Waals surface area contributed by atoms with Crippen molar-refractivity contribution >= 4 is 17.5 Å². The van der Waals surface area contributed by atoms with Gasteiger partial charge in [0.25, 0.3) is 0 Å². The highest BCUT2D eigenvalue weighted by Crippen LogP contribution is 2.39. The van der Waals surface area contributed by atoms with Crippen molar-refractivity contribution in [1.82, 2.24) is 0 Å². The van der Waals surface area contributed by atoms with E-state index in [4.69, 9.17) is 19.3 Å². The molecule has 2 aromatic carbocycles. The number of carboxylic acid groups (broad SMARTS) is 1. The van der Waals surface area contributed by atoms with E-state index in [1.54, 1.807) is 6.07 Å². The molecule has 0 fully saturated rings. The average molecular weight is 474 g/mol. The highest BCUT2D eigenvalue weighted by Gasteiger charge is 2.56. The number of esters is 1. The van der Waals surface area contributed by atoms with Gasteiger partial charge in [-0.2, -0.15) is 22.0 Å². The van der Waals surface area contributed by atoms with E-state index in [2.05, 4.69) is 6.58 Å². The fourth-order valence-electron chi connectivity index (χ4n) is 2.61. The van der Waals surface area contributed by atoms with Gasteiger partial charge in [0.15, 0.2) is 11.5 Å². The van der Waals surface area contributed by atoms with Crippen molar-refractivity contribution in [2.45, 2.75) is 24.9 Å². The molecule has 0 atom stereocenters. The highest BCUT2D eigenvalue weighted by molar-refractivity contribution is 6.15. The Hall–Kier alpha value is -3.63. The molecule has 0 amide bonds. The van der Waals surface area contributed by atoms with Crippen LogP contribution in [0.1, 0.15) is 28.8 Å². The zero-order chi connectivity index (χ0) is 24.8. The number of hydrogen-bond acceptors (Lipinski definition) is 5. The third-order valence-corrected chi connectivity index (χ3v) is 4.38. The first kappa shape index (κ1) is 25.6. The Kier molecular flexibility index (Phi) is 8.02. The van der Waals surface area contributed by atoms with Crippen LogP contribution in [-0.4, -0.2) is 42.9 Å². The Morgan fingerprint density at radius 2 is 1.67 bits per heavy atom. The topological polar surface area (TPSA) is 82.1 Å². The van der Waals surface area contributed by atoms with Gasteiger partial charge >= 0.3 is 24.0 Å². The second kappa shape index (κ2) is 10.3. The van der Waals surface area contributed by atoms with E-state index in [-0.39, 0.29) is 33.9 Å². The molecule has 33 heavy (non-hydrogen) atoms. The van der Waals surface area contributed by atoms with Gasteiger partial charge in [-0.25, -0.2) is 9.59 Å². The summed E-state index contributed by atoms with van der Waals surface area (Å²) in [6.07, 6.45) is -7.66. The van der Waals surface area contributed by atoms with Gasteiger partial charge < -0.3 is 19.3 Å². The first-order valence-electron chi connectivity index (χ1n) is 9.36. The van der Waals surface area contributed by atoms with Crippen LogP contribution in [0.15, 0.2) is 49.0 Å². The molecule has 1 N–H and O–H groups in total. The van der Waals surface area contributed by atoms with Crippen molar-refractivity contribution in [1.29, 1.82) is 0 Å². The molecule has 0 aliphatic heterocycles. The van der Waals surface area contributed by atoms with Gasteiger partial charge in [-0.15, -0.1) is 0 Å². The molecule has 178 valence electrons. The quantitative estimate of drug-likeness (QED) is 0.164. The van der Waals surface area contributed by atoms with E-state index in [9.17, 15) is 31.5 Å². The molecule has 6 nitrogen and oxygen atoms in total. The molecule has 11 heteroatoms. The van der Waals surface area contributed by atoms with Gasteiger partial charge in [0.05, 0.1) is 24.9 Å². The monoisotopic (exact) mass is 474 g/mol. The number of carboxylic acids is 1. The number of aliphatic carboxylic acids is 1. The first-order chi connectivity index (χ1) is 15.4. The predicted molar refractivity (Wildman–Crippen MR) is 107 cm³/mol. The summed E-state index contributed by atoms with van der Waals surface area (Å²) in [4.78, 5) is 23.7. The maximum absolute atomic E-state index is 13.0. The summed E-state index contributed by atoms with van der Waals surface area (Å²) in [5.41, 5.74) is -0.199. The lowest BCUT2D eigenvalue weighted by Gasteiger charge is -2.19. The second-order valence-electron chi connectivity index (χ2n) is 6.69. The Balaban J connectivity index is 2.08. The Bertz CT molecular complexity index is 1030. The van der Waals surface area contributed by atoms with E-state index in [1.807, 2.05) is 0 Å². The van der Waals surface area contributed by atoms with Crippen molar-refractivity contribution in [3.8, 4) is 17.2 Å². The van der Waals surface area contributed by atoms with Crippen LogP contribution in [0.2, 0.25) is 0 Å². The number of carbonyl (C=O) groups excluding carboxylic acids is 1. The number of para-hydroxylation sites is 1. The summed E-state index contributed by atoms with van der Waals surface area (Å²) in [7, 11) is 1.24. The highest BCUT2D eigenvalue weighted by atomic mass is 19.4. The lowest BCUT2D eigenvalue weighted by atomic mass is 10.1. The van der Waals surface area contributed by atoms with Crippen LogP contribution in [0.25, 0.3) is 5.57 Å². The predicted octanol–water partition coefficient (Wildman–Crippen LogP) is 5.37. The normalized spacial score (nSPS) is 11.6. The van der Waals surface area contributed by atoms with Crippen LogP contribution in [0.3, 0.4) is 0 Å². The standard InChI is InChI=1S/C22H19F5O6/c1-13(19(28)29)15-6-3-4-7-16(15)33-20(30)14-8-9-17(18(12-14)31-2)32-11-5-10-21(23,24)22(25,26)27/h3-4,6-9,12H,1,5,10-11H2,2H3,(H,28,29). The molecule has 0 heterocycles. The molecule has 0 aromatic heterocycles. The molecule has 0 unspecified atom stereocenters. The van der Waals surface area contributed by atoms with Gasteiger partial charge in [0, 0.05) is 12.0 Å². The van der Waals surface area contributed by atoms with Crippen LogP contribution in [-0.2, 0) is 4.79 Å². The molecular formula is C22H19F5O6. The number of methoxy groups -OCH3 is 1. The molecule has 2 rings (SSSR count). The molecule has 0 aliphatic rings. The van der Waals surface area contributed by atoms with Gasteiger partial charge in [-0.3, -0.25) is 0 Å². The summed E-state index contributed by atoms with van der Waals surface area (Å²) in [5.74, 6) is -7.00. The van der Waals surface area contributed by atoms with Crippen molar-refractivity contribution < 1.29 is 50.9 Å². The van der Waals surface area contributed by atoms with E-state index in [1.165, 1.54) is 43.5 Å². The average Bonchev–Trinajstić information content (AvgIpc) is 2.75. The minimum absolute atomic E-state index is 0.00950. The van der Waals surface area contributed by atoms with Crippen LogP contribution in [0.5, 0.6) is 17.2 Å². The number of rotatable bonds is 10. The lowest BCUT2D eigenvalue weighted by Crippen LogP contribution is -2.36. The fraction of sp³-hybridized carbons (Fsp3) is 0.273. The summed E-state index contributed by atoms with van der Waals surface area (Å²) < 4.78 is 78.0. The Labute approximate surface area is 185 Å². The van der Waals surface area contributed by atoms with Gasteiger partial charge in [-0.1, -0.05) is 24.8 Å². The van der Waals surface area contributed by atoms with E-state index >= 15 is 0 Å². The molecular weight excluding hydrogens is 455 g/mol. The molecule has 0 spiro atoms. The minimum atomic E-state index is -5.64. The van der Waals surface area contributed by atoms with Crippen molar-refractivity contribution in [3.63, 3.8) is 0 Å². The second-order valence-corrected chi connectivity index (χ2v) is 6.69. The molecule has 0 saturated heterocycles. The molecule has 2 aromatic rings. The zero-order valence-electron chi connectivity index (χ0n) is 17.2. The van der Waals surface area contributed by atoms with E-state index in [0.29, 0.717) is 0 Å². The van der Waals surface area contributed by atoms with Gasteiger partial charge in [-0.05, 0) is 30.7 Å². The third kappa shape index (κ3) is 6.43. The van der Waals surface area contributed by atoms with E-state index < -0.39 is 43.5 Å². The largest absolute Gasteiger partial charge is 0.493 e. The summed E-state index contributed by atoms with van der Waals surface area (Å²) in [6, 6.07) is 9.61. The minimum Gasteiger partial charge on any atom is -0.493 e. The molecule has 0 saturated carbocycles. The Morgan fingerprint density at radius 3 is 2.27 bits per heavy atom. The van der Waals surface area contributed by atoms with Gasteiger partial charge in [0.1, 0.15) is 5.75 Å². The fourth-order valence-corrected chi connectivity index (χ4v) is 2.61.